The third-order valence-electron chi connectivity index (χ3n) is 2.15. The monoisotopic (exact) mass is 207 g/mol. The molecule has 1 heterocycles. The van der Waals surface area contributed by atoms with Gasteiger partial charge in [-0.15, -0.1) is 0 Å². The minimum atomic E-state index is -0.327. The average molecular weight is 207 g/mol. The summed E-state index contributed by atoms with van der Waals surface area (Å²) in [6.07, 6.45) is 9.66. The normalized spacial score (nSPS) is 12.6. The molecule has 0 aliphatic heterocycles. The highest BCUT2D eigenvalue weighted by atomic mass is 16.4. The van der Waals surface area contributed by atoms with Crippen molar-refractivity contribution in [3.63, 3.8) is 0 Å². The number of oxazole rings is 1. The van der Waals surface area contributed by atoms with Crippen molar-refractivity contribution in [2.24, 2.45) is 7.05 Å². The number of hydrogen-bond donors (Lipinski definition) is 0. The van der Waals surface area contributed by atoms with Crippen LogP contribution in [0.4, 0.5) is 0 Å². The molecule has 0 amide bonds. The molecule has 0 N–H and O–H groups in total. The van der Waals surface area contributed by atoms with E-state index < -0.39 is 0 Å². The van der Waals surface area contributed by atoms with Crippen LogP contribution in [0.3, 0.4) is 0 Å². The molecule has 0 spiro atoms. The highest BCUT2D eigenvalue weighted by molar-refractivity contribution is 5.46. The molecular weight excluding hydrogens is 190 g/mol. The van der Waals surface area contributed by atoms with E-state index in [0.717, 1.165) is 12.8 Å². The number of rotatable bonds is 4. The highest BCUT2D eigenvalue weighted by Gasteiger charge is 1.97. The molecule has 1 aromatic rings. The Balaban J connectivity index is 2.80. The van der Waals surface area contributed by atoms with Crippen molar-refractivity contribution in [2.45, 2.75) is 26.7 Å². The van der Waals surface area contributed by atoms with Gasteiger partial charge in [0.1, 0.15) is 5.76 Å². The summed E-state index contributed by atoms with van der Waals surface area (Å²) < 4.78 is 6.41. The maximum absolute atomic E-state index is 11.0. The predicted octanol–water partition coefficient (Wildman–Crippen LogP) is 2.74. The van der Waals surface area contributed by atoms with Crippen LogP contribution in [0.25, 0.3) is 6.08 Å². The molecule has 0 radical (unpaired) electrons. The Labute approximate surface area is 89.7 Å². The lowest BCUT2D eigenvalue weighted by molar-refractivity contribution is 0.487. The van der Waals surface area contributed by atoms with Gasteiger partial charge in [0.05, 0.1) is 6.20 Å². The summed E-state index contributed by atoms with van der Waals surface area (Å²) in [7, 11) is 1.67. The third kappa shape index (κ3) is 3.27. The summed E-state index contributed by atoms with van der Waals surface area (Å²) in [6.45, 7) is 4.21. The van der Waals surface area contributed by atoms with Crippen molar-refractivity contribution in [2.75, 3.05) is 0 Å². The number of aryl methyl sites for hydroxylation is 1. The van der Waals surface area contributed by atoms with Gasteiger partial charge >= 0.3 is 5.76 Å². The molecule has 0 aromatic carbocycles. The van der Waals surface area contributed by atoms with Crippen LogP contribution in [-0.4, -0.2) is 4.57 Å². The van der Waals surface area contributed by atoms with Gasteiger partial charge in [-0.25, -0.2) is 4.79 Å². The molecule has 0 aliphatic rings. The van der Waals surface area contributed by atoms with E-state index in [0.29, 0.717) is 5.76 Å². The van der Waals surface area contributed by atoms with Crippen LogP contribution in [0.2, 0.25) is 0 Å². The third-order valence-corrected chi connectivity index (χ3v) is 2.15. The van der Waals surface area contributed by atoms with Crippen molar-refractivity contribution >= 4 is 6.08 Å². The van der Waals surface area contributed by atoms with Crippen LogP contribution in [0.5, 0.6) is 0 Å². The summed E-state index contributed by atoms with van der Waals surface area (Å²) in [6, 6.07) is 0. The zero-order valence-corrected chi connectivity index (χ0v) is 9.49. The fourth-order valence-corrected chi connectivity index (χ4v) is 1.30. The summed E-state index contributed by atoms with van der Waals surface area (Å²) in [5, 5.41) is 0. The van der Waals surface area contributed by atoms with Crippen LogP contribution in [0.15, 0.2) is 33.1 Å². The minimum absolute atomic E-state index is 0.327. The second-order valence-corrected chi connectivity index (χ2v) is 3.38. The van der Waals surface area contributed by atoms with Crippen molar-refractivity contribution in [1.29, 1.82) is 0 Å². The van der Waals surface area contributed by atoms with Gasteiger partial charge in [0.15, 0.2) is 0 Å². The van der Waals surface area contributed by atoms with Crippen LogP contribution in [0.1, 0.15) is 32.4 Å². The lowest BCUT2D eigenvalue weighted by Crippen LogP contribution is -2.06. The zero-order valence-electron chi connectivity index (χ0n) is 9.49. The quantitative estimate of drug-likeness (QED) is 0.711. The van der Waals surface area contributed by atoms with Gasteiger partial charge in [-0.3, -0.25) is 4.57 Å². The molecule has 15 heavy (non-hydrogen) atoms. The van der Waals surface area contributed by atoms with E-state index in [1.807, 2.05) is 12.2 Å². The lowest BCUT2D eigenvalue weighted by Gasteiger charge is -1.94. The van der Waals surface area contributed by atoms with E-state index in [2.05, 4.69) is 19.9 Å². The fourth-order valence-electron chi connectivity index (χ4n) is 1.30. The number of aromatic nitrogens is 1. The van der Waals surface area contributed by atoms with E-state index >= 15 is 0 Å². The van der Waals surface area contributed by atoms with Crippen molar-refractivity contribution in [3.8, 4) is 0 Å². The molecule has 0 unspecified atom stereocenters. The molecule has 1 rings (SSSR count). The van der Waals surface area contributed by atoms with Gasteiger partial charge < -0.3 is 4.42 Å². The van der Waals surface area contributed by atoms with Crippen molar-refractivity contribution in [1.82, 2.24) is 4.57 Å². The first-order valence-corrected chi connectivity index (χ1v) is 5.21. The number of hydrogen-bond acceptors (Lipinski definition) is 2. The zero-order chi connectivity index (χ0) is 11.3. The summed E-state index contributed by atoms with van der Waals surface area (Å²) in [5.74, 6) is 0.269. The van der Waals surface area contributed by atoms with E-state index in [1.54, 1.807) is 13.2 Å². The number of allylic oxidation sites excluding steroid dienone is 3. The largest absolute Gasteiger partial charge is 0.419 e. The Hall–Kier alpha value is -1.51. The lowest BCUT2D eigenvalue weighted by atomic mass is 10.1. The van der Waals surface area contributed by atoms with E-state index in [4.69, 9.17) is 4.42 Å². The maximum Gasteiger partial charge on any atom is 0.419 e. The Morgan fingerprint density at radius 2 is 2.27 bits per heavy atom. The van der Waals surface area contributed by atoms with E-state index in [-0.39, 0.29) is 5.76 Å². The van der Waals surface area contributed by atoms with Gasteiger partial charge in [-0.1, -0.05) is 31.6 Å². The fraction of sp³-hybridized carbons (Fsp3) is 0.417. The molecule has 1 aromatic heterocycles. The van der Waals surface area contributed by atoms with Gasteiger partial charge in [0.2, 0.25) is 0 Å². The van der Waals surface area contributed by atoms with E-state index in [9.17, 15) is 4.79 Å². The highest BCUT2D eigenvalue weighted by Crippen LogP contribution is 2.07. The van der Waals surface area contributed by atoms with Crippen LogP contribution in [-0.2, 0) is 7.05 Å². The Kier molecular flexibility index (Phi) is 4.16. The van der Waals surface area contributed by atoms with Gasteiger partial charge in [-0.2, -0.15) is 0 Å². The molecule has 3 heteroatoms. The molecule has 0 aliphatic carbocycles. The average Bonchev–Trinajstić information content (AvgIpc) is 2.53. The topological polar surface area (TPSA) is 35.1 Å². The number of nitrogens with zero attached hydrogens (tertiary/aromatic N) is 1. The molecule has 0 saturated carbocycles. The Bertz CT molecular complexity index is 421. The first-order valence-electron chi connectivity index (χ1n) is 5.21. The second-order valence-electron chi connectivity index (χ2n) is 3.38. The van der Waals surface area contributed by atoms with Gasteiger partial charge in [0, 0.05) is 7.05 Å². The predicted molar refractivity (Wildman–Crippen MR) is 61.6 cm³/mol. The Morgan fingerprint density at radius 3 is 2.73 bits per heavy atom. The minimum Gasteiger partial charge on any atom is -0.408 e. The van der Waals surface area contributed by atoms with E-state index in [1.165, 1.54) is 10.1 Å². The van der Waals surface area contributed by atoms with Crippen LogP contribution >= 0.6 is 0 Å². The standard InChI is InChI=1S/C12H17NO2/c1-4-6-10(5-2)7-8-11-9-13(3)12(14)15-11/h6-9H,4-5H2,1-3H3/b8-7-,10-6-. The summed E-state index contributed by atoms with van der Waals surface area (Å²) in [5.41, 5.74) is 1.25. The SMILES string of the molecule is CC/C=C(\C=C/c1cn(C)c(=O)o1)CC. The molecule has 0 bridgehead atoms. The Morgan fingerprint density at radius 1 is 1.53 bits per heavy atom. The first kappa shape index (κ1) is 11.6. The van der Waals surface area contributed by atoms with Gasteiger partial charge in [-0.05, 0) is 18.9 Å². The second kappa shape index (κ2) is 5.39. The molecule has 0 saturated heterocycles. The van der Waals surface area contributed by atoms with Crippen LogP contribution in [0, 0.1) is 0 Å². The molecule has 82 valence electrons. The first-order chi connectivity index (χ1) is 7.17. The van der Waals surface area contributed by atoms with Crippen molar-refractivity contribution in [3.05, 3.63) is 40.2 Å². The molecule has 0 atom stereocenters. The van der Waals surface area contributed by atoms with Gasteiger partial charge in [0.25, 0.3) is 0 Å². The van der Waals surface area contributed by atoms with Crippen LogP contribution < -0.4 is 5.76 Å². The van der Waals surface area contributed by atoms with Crippen molar-refractivity contribution < 1.29 is 4.42 Å². The maximum atomic E-state index is 11.0. The molecule has 3 nitrogen and oxygen atoms in total. The summed E-state index contributed by atoms with van der Waals surface area (Å²) >= 11 is 0. The summed E-state index contributed by atoms with van der Waals surface area (Å²) in [4.78, 5) is 11.0. The molecular formula is C12H17NO2. The molecule has 0 fully saturated rings. The smallest absolute Gasteiger partial charge is 0.408 e.